The van der Waals surface area contributed by atoms with E-state index in [1.54, 1.807) is 24.3 Å². The minimum absolute atomic E-state index is 0.0689. The van der Waals surface area contributed by atoms with Gasteiger partial charge in [-0.25, -0.2) is 27.1 Å². The zero-order valence-corrected chi connectivity index (χ0v) is 16.6. The van der Waals surface area contributed by atoms with Crippen molar-refractivity contribution < 1.29 is 21.6 Å². The molecular weight excluding hydrogens is 414 g/mol. The average molecular weight is 431 g/mol. The normalized spacial score (nSPS) is 11.9. The molecule has 0 heterocycles. The number of benzene rings is 3. The Bertz CT molecular complexity index is 1330. The first-order chi connectivity index (χ1) is 13.5. The highest BCUT2D eigenvalue weighted by molar-refractivity contribution is 7.89. The zero-order chi connectivity index (χ0) is 21.4. The second-order valence-corrected chi connectivity index (χ2v) is 9.39. The van der Waals surface area contributed by atoms with Gasteiger partial charge in [-0.05, 0) is 52.6 Å². The molecule has 3 aromatic rings. The van der Waals surface area contributed by atoms with Crippen LogP contribution in [0.25, 0.3) is 22.3 Å². The molecule has 0 fully saturated rings. The summed E-state index contributed by atoms with van der Waals surface area (Å²) in [6.45, 7) is 0. The van der Waals surface area contributed by atoms with Crippen LogP contribution in [-0.2, 0) is 20.0 Å². The molecule has 29 heavy (non-hydrogen) atoms. The van der Waals surface area contributed by atoms with Gasteiger partial charge in [0.25, 0.3) is 0 Å². The summed E-state index contributed by atoms with van der Waals surface area (Å²) in [7, 11) is -7.81. The molecule has 0 saturated carbocycles. The van der Waals surface area contributed by atoms with Crippen LogP contribution >= 0.6 is 0 Å². The third-order valence-electron chi connectivity index (χ3n) is 4.25. The number of carbonyl (C=O) groups excluding carboxylic acids is 1. The molecule has 0 bridgehead atoms. The van der Waals surface area contributed by atoms with Gasteiger partial charge in [0.05, 0.1) is 9.79 Å². The van der Waals surface area contributed by atoms with Crippen LogP contribution in [0.4, 0.5) is 0 Å². The molecule has 150 valence electrons. The van der Waals surface area contributed by atoms with Gasteiger partial charge < -0.3 is 5.73 Å². The summed E-state index contributed by atoms with van der Waals surface area (Å²) in [5, 5.41) is 10.3. The molecule has 0 aliphatic heterocycles. The number of rotatable bonds is 5. The molecule has 1 amide bonds. The number of primary sulfonamides is 2. The van der Waals surface area contributed by atoms with Crippen LogP contribution in [0.5, 0.6) is 0 Å². The van der Waals surface area contributed by atoms with Gasteiger partial charge >= 0.3 is 0 Å². The first kappa shape index (κ1) is 20.7. The van der Waals surface area contributed by atoms with Crippen LogP contribution in [0.15, 0.2) is 76.5 Å². The van der Waals surface area contributed by atoms with Crippen molar-refractivity contribution in [3.8, 4) is 22.3 Å². The average Bonchev–Trinajstić information content (AvgIpc) is 2.66. The van der Waals surface area contributed by atoms with Crippen molar-refractivity contribution in [3.05, 3.63) is 72.3 Å². The van der Waals surface area contributed by atoms with Crippen LogP contribution in [0.2, 0.25) is 0 Å². The molecule has 10 heteroatoms. The Labute approximate surface area is 168 Å². The number of carbonyl (C=O) groups is 1. The third kappa shape index (κ3) is 4.51. The molecule has 0 aliphatic carbocycles. The minimum Gasteiger partial charge on any atom is -0.366 e. The molecule has 6 N–H and O–H groups in total. The molecule has 0 spiro atoms. The number of hydrogen-bond acceptors (Lipinski definition) is 5. The van der Waals surface area contributed by atoms with Crippen LogP contribution in [0.3, 0.4) is 0 Å². The van der Waals surface area contributed by atoms with E-state index < -0.39 is 26.0 Å². The van der Waals surface area contributed by atoms with Gasteiger partial charge in [-0.3, -0.25) is 4.79 Å². The van der Waals surface area contributed by atoms with E-state index in [-0.39, 0.29) is 15.4 Å². The first-order valence-electron chi connectivity index (χ1n) is 8.17. The maximum atomic E-state index is 12.1. The monoisotopic (exact) mass is 431 g/mol. The standard InChI is InChI=1S/C19H17N3O5S2/c20-19(23)18-11-13(12-3-1-5-15(9-12)28(21,24)25)7-8-17(18)14-4-2-6-16(10-14)29(22,26)27/h1-11H,(H2,20,23)(H2,21,24,25)(H2,22,26,27). The summed E-state index contributed by atoms with van der Waals surface area (Å²) in [5.41, 5.74) is 7.56. The van der Waals surface area contributed by atoms with Gasteiger partial charge in [0.1, 0.15) is 0 Å². The van der Waals surface area contributed by atoms with Crippen molar-refractivity contribution in [3.63, 3.8) is 0 Å². The van der Waals surface area contributed by atoms with E-state index in [0.717, 1.165) is 0 Å². The van der Waals surface area contributed by atoms with Crippen LogP contribution < -0.4 is 16.0 Å². The maximum absolute atomic E-state index is 12.1. The van der Waals surface area contributed by atoms with Gasteiger partial charge in [0.2, 0.25) is 26.0 Å². The highest BCUT2D eigenvalue weighted by Crippen LogP contribution is 2.30. The lowest BCUT2D eigenvalue weighted by Crippen LogP contribution is -2.14. The van der Waals surface area contributed by atoms with Crippen molar-refractivity contribution in [2.75, 3.05) is 0 Å². The molecule has 3 rings (SSSR count). The smallest absolute Gasteiger partial charge is 0.249 e. The lowest BCUT2D eigenvalue weighted by atomic mass is 9.94. The van der Waals surface area contributed by atoms with E-state index in [4.69, 9.17) is 16.0 Å². The van der Waals surface area contributed by atoms with Crippen LogP contribution in [-0.4, -0.2) is 22.7 Å². The van der Waals surface area contributed by atoms with E-state index in [0.29, 0.717) is 22.3 Å². The highest BCUT2D eigenvalue weighted by atomic mass is 32.2. The van der Waals surface area contributed by atoms with E-state index in [1.807, 2.05) is 0 Å². The fraction of sp³-hybridized carbons (Fsp3) is 0. The van der Waals surface area contributed by atoms with Gasteiger partial charge in [-0.2, -0.15) is 0 Å². The SMILES string of the molecule is NC(=O)c1cc(-c2cccc(S(N)(=O)=O)c2)ccc1-c1cccc(S(N)(=O)=O)c1. The van der Waals surface area contributed by atoms with Gasteiger partial charge in [0.15, 0.2) is 0 Å². The van der Waals surface area contributed by atoms with Gasteiger partial charge in [-0.15, -0.1) is 0 Å². The van der Waals surface area contributed by atoms with E-state index in [1.165, 1.54) is 42.5 Å². The maximum Gasteiger partial charge on any atom is 0.249 e. The summed E-state index contributed by atoms with van der Waals surface area (Å²) in [6.07, 6.45) is 0. The molecule has 8 nitrogen and oxygen atoms in total. The van der Waals surface area contributed by atoms with Crippen molar-refractivity contribution in [1.29, 1.82) is 0 Å². The van der Waals surface area contributed by atoms with E-state index in [2.05, 4.69) is 0 Å². The van der Waals surface area contributed by atoms with Crippen molar-refractivity contribution in [2.24, 2.45) is 16.0 Å². The van der Waals surface area contributed by atoms with Crippen LogP contribution in [0.1, 0.15) is 10.4 Å². The highest BCUT2D eigenvalue weighted by Gasteiger charge is 2.16. The lowest BCUT2D eigenvalue weighted by Gasteiger charge is -2.12. The van der Waals surface area contributed by atoms with E-state index in [9.17, 15) is 21.6 Å². The Morgan fingerprint density at radius 1 is 0.655 bits per heavy atom. The predicted molar refractivity (Wildman–Crippen MR) is 109 cm³/mol. The Balaban J connectivity index is 2.16. The molecule has 0 unspecified atom stereocenters. The van der Waals surface area contributed by atoms with Crippen molar-refractivity contribution in [1.82, 2.24) is 0 Å². The second kappa shape index (κ2) is 7.41. The fourth-order valence-electron chi connectivity index (χ4n) is 2.87. The molecule has 3 aromatic carbocycles. The Morgan fingerprint density at radius 3 is 1.66 bits per heavy atom. The summed E-state index contributed by atoms with van der Waals surface area (Å²) >= 11 is 0. The molecule has 0 atom stereocenters. The molecule has 0 aliphatic rings. The first-order valence-corrected chi connectivity index (χ1v) is 11.3. The molecular formula is C19H17N3O5S2. The molecule has 0 aromatic heterocycles. The third-order valence-corrected chi connectivity index (χ3v) is 6.08. The number of hydrogen-bond donors (Lipinski definition) is 3. The van der Waals surface area contributed by atoms with Crippen molar-refractivity contribution >= 4 is 26.0 Å². The van der Waals surface area contributed by atoms with Gasteiger partial charge in [0, 0.05) is 5.56 Å². The minimum atomic E-state index is -3.92. The van der Waals surface area contributed by atoms with Crippen molar-refractivity contribution in [2.45, 2.75) is 9.79 Å². The fourth-order valence-corrected chi connectivity index (χ4v) is 3.99. The second-order valence-electron chi connectivity index (χ2n) is 6.27. The Kier molecular flexibility index (Phi) is 5.28. The van der Waals surface area contributed by atoms with E-state index >= 15 is 0 Å². The summed E-state index contributed by atoms with van der Waals surface area (Å²) in [4.78, 5) is 11.9. The number of sulfonamides is 2. The number of nitrogens with two attached hydrogens (primary N) is 3. The number of primary amides is 1. The summed E-state index contributed by atoms with van der Waals surface area (Å²) in [6, 6.07) is 16.5. The van der Waals surface area contributed by atoms with Gasteiger partial charge in [-0.1, -0.05) is 36.4 Å². The largest absolute Gasteiger partial charge is 0.366 e. The topological polar surface area (TPSA) is 163 Å². The zero-order valence-electron chi connectivity index (χ0n) is 14.9. The Hall–Kier alpha value is -3.05. The summed E-state index contributed by atoms with van der Waals surface area (Å²) < 4.78 is 46.4. The molecule has 0 radical (unpaired) electrons. The molecule has 0 saturated heterocycles. The Morgan fingerprint density at radius 2 is 1.14 bits per heavy atom. The summed E-state index contributed by atoms with van der Waals surface area (Å²) in [5.74, 6) is -0.731. The predicted octanol–water partition coefficient (Wildman–Crippen LogP) is 1.41. The number of amides is 1. The lowest BCUT2D eigenvalue weighted by molar-refractivity contribution is 0.100. The quantitative estimate of drug-likeness (QED) is 0.555. The van der Waals surface area contributed by atoms with Crippen LogP contribution in [0, 0.1) is 0 Å².